The summed E-state index contributed by atoms with van der Waals surface area (Å²) in [7, 11) is 0. The lowest BCUT2D eigenvalue weighted by molar-refractivity contribution is -0.141. The van der Waals surface area contributed by atoms with Crippen LogP contribution in [0.15, 0.2) is 18.2 Å². The number of anilines is 1. The van der Waals surface area contributed by atoms with E-state index in [0.717, 1.165) is 0 Å². The van der Waals surface area contributed by atoms with Crippen molar-refractivity contribution in [2.45, 2.75) is 6.04 Å². The van der Waals surface area contributed by atoms with Crippen LogP contribution in [0.4, 0.5) is 5.69 Å². The first-order chi connectivity index (χ1) is 8.99. The zero-order valence-electron chi connectivity index (χ0n) is 9.93. The summed E-state index contributed by atoms with van der Waals surface area (Å²) in [6, 6.07) is 4.34. The number of halogens is 1. The van der Waals surface area contributed by atoms with E-state index >= 15 is 0 Å². The SMILES string of the molecule is NC(=O)c1ccc(NC2COCC2C(=O)O)cc1Cl. The monoisotopic (exact) mass is 284 g/mol. The van der Waals surface area contributed by atoms with Crippen molar-refractivity contribution in [3.05, 3.63) is 28.8 Å². The van der Waals surface area contributed by atoms with Crippen LogP contribution >= 0.6 is 11.6 Å². The molecule has 102 valence electrons. The number of carboxylic acid groups (broad SMARTS) is 1. The third kappa shape index (κ3) is 2.97. The molecule has 0 aliphatic carbocycles. The maximum atomic E-state index is 11.0. The summed E-state index contributed by atoms with van der Waals surface area (Å²) in [6.07, 6.45) is 0. The number of nitrogens with one attached hydrogen (secondary N) is 1. The molecule has 2 unspecified atom stereocenters. The molecule has 1 aliphatic heterocycles. The van der Waals surface area contributed by atoms with Crippen LogP contribution in [0.5, 0.6) is 0 Å². The molecule has 0 aromatic heterocycles. The number of aliphatic carboxylic acids is 1. The van der Waals surface area contributed by atoms with Crippen LogP contribution in [-0.4, -0.2) is 36.2 Å². The molecule has 19 heavy (non-hydrogen) atoms. The summed E-state index contributed by atoms with van der Waals surface area (Å²) in [5.74, 6) is -2.12. The molecule has 1 aromatic rings. The number of primary amides is 1. The second-order valence-electron chi connectivity index (χ2n) is 4.29. The van der Waals surface area contributed by atoms with Gasteiger partial charge >= 0.3 is 5.97 Å². The Labute approximate surface area is 114 Å². The minimum Gasteiger partial charge on any atom is -0.481 e. The predicted octanol–water partition coefficient (Wildman–Crippen LogP) is 0.950. The highest BCUT2D eigenvalue weighted by molar-refractivity contribution is 6.34. The van der Waals surface area contributed by atoms with Gasteiger partial charge in [0.05, 0.1) is 29.8 Å². The molecule has 0 saturated carbocycles. The highest BCUT2D eigenvalue weighted by Gasteiger charge is 2.34. The lowest BCUT2D eigenvalue weighted by Gasteiger charge is -2.17. The van der Waals surface area contributed by atoms with Gasteiger partial charge in [-0.05, 0) is 18.2 Å². The van der Waals surface area contributed by atoms with Gasteiger partial charge in [0.15, 0.2) is 0 Å². The van der Waals surface area contributed by atoms with Gasteiger partial charge < -0.3 is 20.9 Å². The van der Waals surface area contributed by atoms with Gasteiger partial charge in [0.1, 0.15) is 5.92 Å². The number of carboxylic acids is 1. The van der Waals surface area contributed by atoms with Crippen LogP contribution in [-0.2, 0) is 9.53 Å². The van der Waals surface area contributed by atoms with Gasteiger partial charge in [-0.25, -0.2) is 0 Å². The quantitative estimate of drug-likeness (QED) is 0.764. The number of nitrogens with two attached hydrogens (primary N) is 1. The summed E-state index contributed by atoms with van der Waals surface area (Å²) in [5.41, 5.74) is 6.00. The first kappa shape index (κ1) is 13.6. The van der Waals surface area contributed by atoms with Crippen LogP contribution in [0.3, 0.4) is 0 Å². The fourth-order valence-corrected chi connectivity index (χ4v) is 2.23. The zero-order valence-corrected chi connectivity index (χ0v) is 10.7. The molecule has 0 bridgehead atoms. The Hall–Kier alpha value is -1.79. The summed E-state index contributed by atoms with van der Waals surface area (Å²) in [6.45, 7) is 0.492. The summed E-state index contributed by atoms with van der Waals surface area (Å²) in [4.78, 5) is 22.0. The summed E-state index contributed by atoms with van der Waals surface area (Å²) in [5, 5.41) is 12.3. The van der Waals surface area contributed by atoms with Crippen LogP contribution < -0.4 is 11.1 Å². The number of hydrogen-bond donors (Lipinski definition) is 3. The number of hydrogen-bond acceptors (Lipinski definition) is 4. The number of ether oxygens (including phenoxy) is 1. The number of rotatable bonds is 4. The van der Waals surface area contributed by atoms with Crippen LogP contribution in [0.2, 0.25) is 5.02 Å². The van der Waals surface area contributed by atoms with Crippen LogP contribution in [0.25, 0.3) is 0 Å². The minimum absolute atomic E-state index is 0.181. The zero-order chi connectivity index (χ0) is 14.0. The molecule has 1 amide bonds. The second kappa shape index (κ2) is 5.46. The first-order valence-corrected chi connectivity index (χ1v) is 6.03. The lowest BCUT2D eigenvalue weighted by Crippen LogP contribution is -2.33. The number of carbonyl (C=O) groups excluding carboxylic acids is 1. The van der Waals surface area contributed by atoms with Crippen molar-refractivity contribution in [2.24, 2.45) is 11.7 Å². The Morgan fingerprint density at radius 3 is 2.74 bits per heavy atom. The molecular weight excluding hydrogens is 272 g/mol. The van der Waals surface area contributed by atoms with Gasteiger partial charge in [-0.3, -0.25) is 9.59 Å². The van der Waals surface area contributed by atoms with E-state index in [-0.39, 0.29) is 23.2 Å². The predicted molar refractivity (Wildman–Crippen MR) is 69.3 cm³/mol. The van der Waals surface area contributed by atoms with Gasteiger partial charge in [0.25, 0.3) is 0 Å². The molecule has 4 N–H and O–H groups in total. The number of benzene rings is 1. The van der Waals surface area contributed by atoms with Crippen molar-refractivity contribution < 1.29 is 19.4 Å². The van der Waals surface area contributed by atoms with E-state index in [1.807, 2.05) is 0 Å². The van der Waals surface area contributed by atoms with E-state index < -0.39 is 17.8 Å². The molecule has 2 atom stereocenters. The van der Waals surface area contributed by atoms with Crippen molar-refractivity contribution in [1.82, 2.24) is 0 Å². The third-order valence-electron chi connectivity index (χ3n) is 2.98. The van der Waals surface area contributed by atoms with Gasteiger partial charge in [-0.1, -0.05) is 11.6 Å². The smallest absolute Gasteiger partial charge is 0.311 e. The summed E-state index contributed by atoms with van der Waals surface area (Å²) < 4.78 is 5.14. The van der Waals surface area contributed by atoms with E-state index in [1.54, 1.807) is 12.1 Å². The van der Waals surface area contributed by atoms with Crippen LogP contribution in [0.1, 0.15) is 10.4 Å². The van der Waals surface area contributed by atoms with Gasteiger partial charge in [0, 0.05) is 5.69 Å². The molecular formula is C12H13ClN2O4. The average molecular weight is 285 g/mol. The van der Waals surface area contributed by atoms with E-state index in [4.69, 9.17) is 27.2 Å². The number of amides is 1. The molecule has 2 rings (SSSR count). The fourth-order valence-electron chi connectivity index (χ4n) is 1.96. The van der Waals surface area contributed by atoms with E-state index in [2.05, 4.69) is 5.32 Å². The second-order valence-corrected chi connectivity index (χ2v) is 4.70. The molecule has 1 aliphatic rings. The Balaban J connectivity index is 2.13. The molecule has 1 heterocycles. The minimum atomic E-state index is -0.908. The largest absolute Gasteiger partial charge is 0.481 e. The van der Waals surface area contributed by atoms with E-state index in [1.165, 1.54) is 6.07 Å². The average Bonchev–Trinajstić information content (AvgIpc) is 2.76. The molecule has 0 spiro atoms. The van der Waals surface area contributed by atoms with Crippen molar-refractivity contribution in [1.29, 1.82) is 0 Å². The molecule has 1 aromatic carbocycles. The highest BCUT2D eigenvalue weighted by Crippen LogP contribution is 2.24. The Morgan fingerprint density at radius 1 is 1.42 bits per heavy atom. The van der Waals surface area contributed by atoms with Crippen molar-refractivity contribution >= 4 is 29.2 Å². The maximum Gasteiger partial charge on any atom is 0.311 e. The van der Waals surface area contributed by atoms with Crippen molar-refractivity contribution in [2.75, 3.05) is 18.5 Å². The first-order valence-electron chi connectivity index (χ1n) is 5.65. The Morgan fingerprint density at radius 2 is 2.16 bits per heavy atom. The molecule has 6 nitrogen and oxygen atoms in total. The molecule has 7 heteroatoms. The Kier molecular flexibility index (Phi) is 3.92. The summed E-state index contributed by atoms with van der Waals surface area (Å²) >= 11 is 5.92. The van der Waals surface area contributed by atoms with Gasteiger partial charge in [-0.2, -0.15) is 0 Å². The van der Waals surface area contributed by atoms with E-state index in [9.17, 15) is 9.59 Å². The lowest BCUT2D eigenvalue weighted by atomic mass is 10.0. The van der Waals surface area contributed by atoms with Crippen molar-refractivity contribution in [3.8, 4) is 0 Å². The highest BCUT2D eigenvalue weighted by atomic mass is 35.5. The standard InChI is InChI=1S/C12H13ClN2O4/c13-9-3-6(1-2-7(9)11(14)16)15-10-5-19-4-8(10)12(17)18/h1-3,8,10,15H,4-5H2,(H2,14,16)(H,17,18). The van der Waals surface area contributed by atoms with Gasteiger partial charge in [-0.15, -0.1) is 0 Å². The normalized spacial score (nSPS) is 22.2. The third-order valence-corrected chi connectivity index (χ3v) is 3.30. The van der Waals surface area contributed by atoms with Crippen molar-refractivity contribution in [3.63, 3.8) is 0 Å². The molecule has 0 radical (unpaired) electrons. The van der Waals surface area contributed by atoms with Crippen LogP contribution in [0, 0.1) is 5.92 Å². The maximum absolute atomic E-state index is 11.0. The molecule has 1 saturated heterocycles. The Bertz CT molecular complexity index is 520. The van der Waals surface area contributed by atoms with E-state index in [0.29, 0.717) is 12.3 Å². The van der Waals surface area contributed by atoms with Gasteiger partial charge in [0.2, 0.25) is 5.91 Å². The topological polar surface area (TPSA) is 102 Å². The fraction of sp³-hybridized carbons (Fsp3) is 0.333. The number of carbonyl (C=O) groups is 2. The molecule has 1 fully saturated rings.